The summed E-state index contributed by atoms with van der Waals surface area (Å²) in [6.07, 6.45) is 0.559. The molecule has 0 aliphatic carbocycles. The van der Waals surface area contributed by atoms with Gasteiger partial charge in [0.2, 0.25) is 0 Å². The van der Waals surface area contributed by atoms with Crippen molar-refractivity contribution in [3.05, 3.63) is 59.7 Å². The normalized spacial score (nSPS) is 10.2. The molecule has 0 amide bonds. The molecule has 2 aromatic rings. The Morgan fingerprint density at radius 2 is 1.71 bits per heavy atom. The summed E-state index contributed by atoms with van der Waals surface area (Å²) in [5, 5.41) is 0. The van der Waals surface area contributed by atoms with Crippen LogP contribution in [-0.4, -0.2) is 5.78 Å². The topological polar surface area (TPSA) is 17.1 Å². The van der Waals surface area contributed by atoms with Gasteiger partial charge in [0, 0.05) is 12.0 Å². The number of rotatable bonds is 3. The SMILES string of the molecule is CCC(=O)c1ccc(-c2cccc(C)c2)cc1. The van der Waals surface area contributed by atoms with Crippen molar-refractivity contribution in [2.24, 2.45) is 0 Å². The van der Waals surface area contributed by atoms with Crippen LogP contribution in [0, 0.1) is 6.92 Å². The van der Waals surface area contributed by atoms with Gasteiger partial charge in [-0.2, -0.15) is 0 Å². The first-order chi connectivity index (χ1) is 8.20. The fourth-order valence-corrected chi connectivity index (χ4v) is 1.88. The molecule has 2 rings (SSSR count). The average molecular weight is 224 g/mol. The zero-order valence-corrected chi connectivity index (χ0v) is 10.2. The molecule has 1 nitrogen and oxygen atoms in total. The Morgan fingerprint density at radius 3 is 2.29 bits per heavy atom. The van der Waals surface area contributed by atoms with E-state index < -0.39 is 0 Å². The lowest BCUT2D eigenvalue weighted by Gasteiger charge is -2.04. The number of benzene rings is 2. The lowest BCUT2D eigenvalue weighted by molar-refractivity contribution is 0.0988. The Bertz CT molecular complexity index is 523. The fraction of sp³-hybridized carbons (Fsp3) is 0.188. The molecule has 0 radical (unpaired) electrons. The Labute approximate surface area is 102 Å². The van der Waals surface area contributed by atoms with E-state index in [2.05, 4.69) is 31.2 Å². The van der Waals surface area contributed by atoms with Crippen LogP contribution in [0.4, 0.5) is 0 Å². The summed E-state index contributed by atoms with van der Waals surface area (Å²) >= 11 is 0. The quantitative estimate of drug-likeness (QED) is 0.712. The van der Waals surface area contributed by atoms with Gasteiger partial charge < -0.3 is 0 Å². The first kappa shape index (κ1) is 11.6. The number of hydrogen-bond donors (Lipinski definition) is 0. The molecule has 0 spiro atoms. The van der Waals surface area contributed by atoms with Crippen molar-refractivity contribution in [3.8, 4) is 11.1 Å². The molecule has 2 aromatic carbocycles. The lowest BCUT2D eigenvalue weighted by Crippen LogP contribution is -1.95. The molecule has 0 N–H and O–H groups in total. The molecular weight excluding hydrogens is 208 g/mol. The van der Waals surface area contributed by atoms with Gasteiger partial charge in [0.15, 0.2) is 5.78 Å². The highest BCUT2D eigenvalue weighted by atomic mass is 16.1. The molecule has 0 atom stereocenters. The van der Waals surface area contributed by atoms with E-state index >= 15 is 0 Å². The Morgan fingerprint density at radius 1 is 1.00 bits per heavy atom. The van der Waals surface area contributed by atoms with Gasteiger partial charge in [0.05, 0.1) is 0 Å². The fourth-order valence-electron chi connectivity index (χ4n) is 1.88. The third-order valence-electron chi connectivity index (χ3n) is 2.88. The maximum absolute atomic E-state index is 11.5. The Hall–Kier alpha value is -1.89. The molecule has 0 aliphatic rings. The van der Waals surface area contributed by atoms with E-state index in [-0.39, 0.29) is 5.78 Å². The van der Waals surface area contributed by atoms with E-state index in [0.29, 0.717) is 6.42 Å². The van der Waals surface area contributed by atoms with E-state index in [4.69, 9.17) is 0 Å². The molecule has 0 fully saturated rings. The maximum Gasteiger partial charge on any atom is 0.162 e. The van der Waals surface area contributed by atoms with Crippen molar-refractivity contribution in [3.63, 3.8) is 0 Å². The van der Waals surface area contributed by atoms with Crippen LogP contribution in [0.2, 0.25) is 0 Å². The first-order valence-electron chi connectivity index (χ1n) is 5.91. The van der Waals surface area contributed by atoms with Crippen LogP contribution in [0.3, 0.4) is 0 Å². The molecule has 0 heterocycles. The van der Waals surface area contributed by atoms with Crippen molar-refractivity contribution in [2.75, 3.05) is 0 Å². The maximum atomic E-state index is 11.5. The molecule has 0 saturated carbocycles. The van der Waals surface area contributed by atoms with Crippen LogP contribution >= 0.6 is 0 Å². The first-order valence-corrected chi connectivity index (χ1v) is 5.91. The van der Waals surface area contributed by atoms with Crippen LogP contribution in [0.15, 0.2) is 48.5 Å². The van der Waals surface area contributed by atoms with Gasteiger partial charge in [0.25, 0.3) is 0 Å². The second-order valence-corrected chi connectivity index (χ2v) is 4.22. The molecule has 0 saturated heterocycles. The van der Waals surface area contributed by atoms with Gasteiger partial charge in [0.1, 0.15) is 0 Å². The van der Waals surface area contributed by atoms with Crippen LogP contribution in [-0.2, 0) is 0 Å². The molecular formula is C16H16O. The minimum Gasteiger partial charge on any atom is -0.294 e. The number of carbonyl (C=O) groups is 1. The molecule has 86 valence electrons. The third-order valence-corrected chi connectivity index (χ3v) is 2.88. The van der Waals surface area contributed by atoms with Gasteiger partial charge in [-0.15, -0.1) is 0 Å². The number of Topliss-reactive ketones (excluding diaryl/α,β-unsaturated/α-hetero) is 1. The van der Waals surface area contributed by atoms with Crippen molar-refractivity contribution in [2.45, 2.75) is 20.3 Å². The predicted octanol–water partition coefficient (Wildman–Crippen LogP) is 4.25. The van der Waals surface area contributed by atoms with Crippen LogP contribution in [0.1, 0.15) is 29.3 Å². The molecule has 0 aliphatic heterocycles. The van der Waals surface area contributed by atoms with Crippen LogP contribution in [0.25, 0.3) is 11.1 Å². The monoisotopic (exact) mass is 224 g/mol. The lowest BCUT2D eigenvalue weighted by atomic mass is 10.0. The molecule has 0 aromatic heterocycles. The summed E-state index contributed by atoms with van der Waals surface area (Å²) in [6.45, 7) is 3.97. The van der Waals surface area contributed by atoms with Crippen molar-refractivity contribution < 1.29 is 4.79 Å². The summed E-state index contributed by atoms with van der Waals surface area (Å²) in [5.74, 6) is 0.195. The number of carbonyl (C=O) groups excluding carboxylic acids is 1. The smallest absolute Gasteiger partial charge is 0.162 e. The van der Waals surface area contributed by atoms with Gasteiger partial charge in [-0.05, 0) is 18.1 Å². The molecule has 1 heteroatoms. The minimum absolute atomic E-state index is 0.195. The standard InChI is InChI=1S/C16H16O/c1-3-16(17)14-9-7-13(8-10-14)15-6-4-5-12(2)11-15/h4-11H,3H2,1-2H3. The highest BCUT2D eigenvalue weighted by Crippen LogP contribution is 2.21. The highest BCUT2D eigenvalue weighted by Gasteiger charge is 2.03. The molecule has 0 bridgehead atoms. The minimum atomic E-state index is 0.195. The van der Waals surface area contributed by atoms with E-state index in [1.165, 1.54) is 11.1 Å². The van der Waals surface area contributed by atoms with Gasteiger partial charge >= 0.3 is 0 Å². The predicted molar refractivity (Wildman–Crippen MR) is 71.2 cm³/mol. The summed E-state index contributed by atoms with van der Waals surface area (Å²) in [6, 6.07) is 16.2. The average Bonchev–Trinajstić information content (AvgIpc) is 2.38. The zero-order chi connectivity index (χ0) is 12.3. The van der Waals surface area contributed by atoms with Crippen molar-refractivity contribution in [1.82, 2.24) is 0 Å². The van der Waals surface area contributed by atoms with E-state index in [1.807, 2.05) is 31.2 Å². The molecule has 17 heavy (non-hydrogen) atoms. The third kappa shape index (κ3) is 2.62. The second kappa shape index (κ2) is 4.96. The van der Waals surface area contributed by atoms with Gasteiger partial charge in [-0.25, -0.2) is 0 Å². The van der Waals surface area contributed by atoms with Crippen LogP contribution in [0.5, 0.6) is 0 Å². The number of ketones is 1. The molecule has 0 unspecified atom stereocenters. The van der Waals surface area contributed by atoms with Crippen molar-refractivity contribution in [1.29, 1.82) is 0 Å². The highest BCUT2D eigenvalue weighted by molar-refractivity contribution is 5.96. The number of aryl methyl sites for hydroxylation is 1. The van der Waals surface area contributed by atoms with Crippen LogP contribution < -0.4 is 0 Å². The number of hydrogen-bond acceptors (Lipinski definition) is 1. The van der Waals surface area contributed by atoms with Crippen molar-refractivity contribution >= 4 is 5.78 Å². The zero-order valence-electron chi connectivity index (χ0n) is 10.2. The Kier molecular flexibility index (Phi) is 3.38. The second-order valence-electron chi connectivity index (χ2n) is 4.22. The van der Waals surface area contributed by atoms with Gasteiger partial charge in [-0.3, -0.25) is 4.79 Å². The summed E-state index contributed by atoms with van der Waals surface area (Å²) < 4.78 is 0. The van der Waals surface area contributed by atoms with E-state index in [0.717, 1.165) is 11.1 Å². The van der Waals surface area contributed by atoms with E-state index in [1.54, 1.807) is 0 Å². The summed E-state index contributed by atoms with van der Waals surface area (Å²) in [5.41, 5.74) is 4.39. The Balaban J connectivity index is 2.32. The summed E-state index contributed by atoms with van der Waals surface area (Å²) in [7, 11) is 0. The summed E-state index contributed by atoms with van der Waals surface area (Å²) in [4.78, 5) is 11.5. The largest absolute Gasteiger partial charge is 0.294 e. The van der Waals surface area contributed by atoms with E-state index in [9.17, 15) is 4.79 Å². The van der Waals surface area contributed by atoms with Gasteiger partial charge in [-0.1, -0.05) is 61.0 Å².